The topological polar surface area (TPSA) is 81.7 Å². The Bertz CT molecular complexity index is 875. The number of methoxy groups -OCH3 is 1. The fraction of sp³-hybridized carbons (Fsp3) is 0.278. The molecule has 1 N–H and O–H groups in total. The molecule has 0 saturated heterocycles. The van der Waals surface area contributed by atoms with Crippen molar-refractivity contribution in [3.05, 3.63) is 53.6 Å². The highest BCUT2D eigenvalue weighted by Gasteiger charge is 2.19. The fourth-order valence-electron chi connectivity index (χ4n) is 2.63. The molecule has 0 bridgehead atoms. The number of rotatable bonds is 6. The Morgan fingerprint density at radius 1 is 1.20 bits per heavy atom. The van der Waals surface area contributed by atoms with E-state index in [-0.39, 0.29) is 23.2 Å². The smallest absolute Gasteiger partial charge is 0.255 e. The van der Waals surface area contributed by atoms with E-state index in [9.17, 15) is 13.2 Å². The maximum absolute atomic E-state index is 12.4. The molecule has 0 fully saturated rings. The molecule has 2 aromatic rings. The van der Waals surface area contributed by atoms with Crippen LogP contribution >= 0.6 is 0 Å². The quantitative estimate of drug-likeness (QED) is 0.854. The number of hydrogen-bond acceptors (Lipinski definition) is 5. The number of carbonyl (C=O) groups is 1. The summed E-state index contributed by atoms with van der Waals surface area (Å²) in [5.74, 6) is 0.294. The molecular weight excluding hydrogens is 342 g/mol. The Morgan fingerprint density at radius 3 is 2.68 bits per heavy atom. The molecule has 0 aromatic heterocycles. The van der Waals surface area contributed by atoms with Crippen LogP contribution in [-0.4, -0.2) is 40.4 Å². The SMILES string of the molecule is COCCS(=O)(=O)c1ccc(C(=O)Nc2cccc3c2OCC3)cc1. The molecule has 0 atom stereocenters. The summed E-state index contributed by atoms with van der Waals surface area (Å²) in [6, 6.07) is 11.5. The third kappa shape index (κ3) is 3.83. The predicted molar refractivity (Wildman–Crippen MR) is 94.0 cm³/mol. The summed E-state index contributed by atoms with van der Waals surface area (Å²) in [7, 11) is -1.96. The van der Waals surface area contributed by atoms with Crippen molar-refractivity contribution in [1.82, 2.24) is 0 Å². The predicted octanol–water partition coefficient (Wildman–Crippen LogP) is 2.29. The van der Waals surface area contributed by atoms with Crippen LogP contribution in [0, 0.1) is 0 Å². The average molecular weight is 361 g/mol. The van der Waals surface area contributed by atoms with Gasteiger partial charge in [-0.2, -0.15) is 0 Å². The lowest BCUT2D eigenvalue weighted by Gasteiger charge is -2.10. The molecule has 1 aliphatic heterocycles. The highest BCUT2D eigenvalue weighted by molar-refractivity contribution is 7.91. The van der Waals surface area contributed by atoms with Gasteiger partial charge in [-0.15, -0.1) is 0 Å². The number of benzene rings is 2. The van der Waals surface area contributed by atoms with Gasteiger partial charge in [0.05, 0.1) is 29.5 Å². The van der Waals surface area contributed by atoms with E-state index < -0.39 is 9.84 Å². The van der Waals surface area contributed by atoms with Crippen molar-refractivity contribution in [3.8, 4) is 5.75 Å². The third-order valence-electron chi connectivity index (χ3n) is 3.99. The lowest BCUT2D eigenvalue weighted by Crippen LogP contribution is -2.14. The molecule has 0 radical (unpaired) electrons. The van der Waals surface area contributed by atoms with Gasteiger partial charge in [-0.3, -0.25) is 4.79 Å². The van der Waals surface area contributed by atoms with E-state index in [1.165, 1.54) is 31.4 Å². The molecule has 1 amide bonds. The van der Waals surface area contributed by atoms with Crippen LogP contribution in [0.15, 0.2) is 47.4 Å². The number of hydrogen-bond donors (Lipinski definition) is 1. The zero-order valence-corrected chi connectivity index (χ0v) is 14.6. The summed E-state index contributed by atoms with van der Waals surface area (Å²) < 4.78 is 34.6. The highest BCUT2D eigenvalue weighted by Crippen LogP contribution is 2.33. The van der Waals surface area contributed by atoms with Crippen molar-refractivity contribution < 1.29 is 22.7 Å². The Morgan fingerprint density at radius 2 is 1.96 bits per heavy atom. The molecule has 0 aliphatic carbocycles. The second kappa shape index (κ2) is 7.25. The van der Waals surface area contributed by atoms with Gasteiger partial charge in [0.25, 0.3) is 5.91 Å². The monoisotopic (exact) mass is 361 g/mol. The molecule has 2 aromatic carbocycles. The zero-order chi connectivity index (χ0) is 17.9. The summed E-state index contributed by atoms with van der Waals surface area (Å²) in [5, 5.41) is 2.82. The van der Waals surface area contributed by atoms with E-state index in [0.717, 1.165) is 12.0 Å². The van der Waals surface area contributed by atoms with Gasteiger partial charge in [-0.25, -0.2) is 8.42 Å². The van der Waals surface area contributed by atoms with Crippen molar-refractivity contribution in [2.45, 2.75) is 11.3 Å². The highest BCUT2D eigenvalue weighted by atomic mass is 32.2. The van der Waals surface area contributed by atoms with Gasteiger partial charge in [0.1, 0.15) is 5.75 Å². The first-order valence-electron chi connectivity index (χ1n) is 7.89. The summed E-state index contributed by atoms with van der Waals surface area (Å²) in [6.45, 7) is 0.736. The minimum absolute atomic E-state index is 0.0947. The van der Waals surface area contributed by atoms with Crippen LogP contribution in [-0.2, 0) is 21.0 Å². The standard InChI is InChI=1S/C18H19NO5S/c1-23-11-12-25(21,22)15-7-5-14(6-8-15)18(20)19-16-4-2-3-13-9-10-24-17(13)16/h2-8H,9-12H2,1H3,(H,19,20). The number of amides is 1. The van der Waals surface area contributed by atoms with Crippen molar-refractivity contribution in [2.75, 3.05) is 31.4 Å². The van der Waals surface area contributed by atoms with Gasteiger partial charge < -0.3 is 14.8 Å². The van der Waals surface area contributed by atoms with Gasteiger partial charge in [-0.05, 0) is 35.9 Å². The first kappa shape index (κ1) is 17.4. The van der Waals surface area contributed by atoms with Crippen molar-refractivity contribution in [2.24, 2.45) is 0 Å². The van der Waals surface area contributed by atoms with E-state index in [4.69, 9.17) is 9.47 Å². The minimum atomic E-state index is -3.41. The summed E-state index contributed by atoms with van der Waals surface area (Å²) in [4.78, 5) is 12.6. The zero-order valence-electron chi connectivity index (χ0n) is 13.8. The number of nitrogens with one attached hydrogen (secondary N) is 1. The summed E-state index contributed by atoms with van der Waals surface area (Å²) in [5.41, 5.74) is 2.07. The maximum atomic E-state index is 12.4. The molecule has 7 heteroatoms. The van der Waals surface area contributed by atoms with Crippen LogP contribution in [0.4, 0.5) is 5.69 Å². The van der Waals surface area contributed by atoms with Crippen molar-refractivity contribution in [3.63, 3.8) is 0 Å². The second-order valence-electron chi connectivity index (χ2n) is 5.68. The Labute approximate surface area is 146 Å². The van der Waals surface area contributed by atoms with Crippen LogP contribution in [0.2, 0.25) is 0 Å². The van der Waals surface area contributed by atoms with Crippen LogP contribution in [0.3, 0.4) is 0 Å². The van der Waals surface area contributed by atoms with Crippen LogP contribution in [0.25, 0.3) is 0 Å². The molecule has 0 unspecified atom stereocenters. The van der Waals surface area contributed by atoms with Crippen LogP contribution < -0.4 is 10.1 Å². The van der Waals surface area contributed by atoms with Gasteiger partial charge >= 0.3 is 0 Å². The lowest BCUT2D eigenvalue weighted by molar-refractivity contribution is 0.102. The first-order chi connectivity index (χ1) is 12.0. The molecule has 1 heterocycles. The van der Waals surface area contributed by atoms with Gasteiger partial charge in [0.2, 0.25) is 0 Å². The third-order valence-corrected chi connectivity index (χ3v) is 5.69. The lowest BCUT2D eigenvalue weighted by atomic mass is 10.1. The summed E-state index contributed by atoms with van der Waals surface area (Å²) >= 11 is 0. The van der Waals surface area contributed by atoms with Gasteiger partial charge in [0.15, 0.2) is 9.84 Å². The van der Waals surface area contributed by atoms with E-state index in [0.29, 0.717) is 23.6 Å². The number of para-hydroxylation sites is 1. The number of anilines is 1. The number of sulfone groups is 1. The van der Waals surface area contributed by atoms with Gasteiger partial charge in [-0.1, -0.05) is 12.1 Å². The molecular formula is C18H19NO5S. The Balaban J connectivity index is 1.75. The van der Waals surface area contributed by atoms with Crippen molar-refractivity contribution >= 4 is 21.4 Å². The number of ether oxygens (including phenoxy) is 2. The van der Waals surface area contributed by atoms with E-state index in [2.05, 4.69) is 5.32 Å². The van der Waals surface area contributed by atoms with E-state index >= 15 is 0 Å². The second-order valence-corrected chi connectivity index (χ2v) is 7.79. The number of fused-ring (bicyclic) bond motifs is 1. The first-order valence-corrected chi connectivity index (χ1v) is 9.54. The Kier molecular flexibility index (Phi) is 5.06. The molecule has 0 spiro atoms. The molecule has 6 nitrogen and oxygen atoms in total. The molecule has 25 heavy (non-hydrogen) atoms. The molecule has 0 saturated carbocycles. The van der Waals surface area contributed by atoms with E-state index in [1.54, 1.807) is 6.07 Å². The van der Waals surface area contributed by atoms with Gasteiger partial charge in [0, 0.05) is 19.1 Å². The molecule has 3 rings (SSSR count). The Hall–Kier alpha value is -2.38. The molecule has 132 valence electrons. The fourth-order valence-corrected chi connectivity index (χ4v) is 3.81. The largest absolute Gasteiger partial charge is 0.491 e. The maximum Gasteiger partial charge on any atom is 0.255 e. The average Bonchev–Trinajstić information content (AvgIpc) is 3.10. The van der Waals surface area contributed by atoms with Crippen LogP contribution in [0.5, 0.6) is 5.75 Å². The van der Waals surface area contributed by atoms with E-state index in [1.807, 2.05) is 12.1 Å². The number of carbonyl (C=O) groups excluding carboxylic acids is 1. The molecule has 1 aliphatic rings. The van der Waals surface area contributed by atoms with Crippen LogP contribution in [0.1, 0.15) is 15.9 Å². The summed E-state index contributed by atoms with van der Waals surface area (Å²) in [6.07, 6.45) is 0.826. The normalized spacial score (nSPS) is 13.2. The minimum Gasteiger partial charge on any atom is -0.491 e. The van der Waals surface area contributed by atoms with Crippen molar-refractivity contribution in [1.29, 1.82) is 0 Å².